The second-order valence-electron chi connectivity index (χ2n) is 3.66. The molecule has 0 heterocycles. The Bertz CT molecular complexity index is 298. The molecule has 1 amide bonds. The predicted molar refractivity (Wildman–Crippen MR) is 74.5 cm³/mol. The van der Waals surface area contributed by atoms with E-state index in [1.165, 1.54) is 11.8 Å². The van der Waals surface area contributed by atoms with Crippen molar-refractivity contribution in [2.75, 3.05) is 24.6 Å². The molecule has 0 aliphatic heterocycles. The first-order valence-electron chi connectivity index (χ1n) is 5.58. The van der Waals surface area contributed by atoms with Gasteiger partial charge in [0.1, 0.15) is 6.04 Å². The molecule has 0 saturated heterocycles. The monoisotopic (exact) mass is 272 g/mol. The van der Waals surface area contributed by atoms with Crippen LogP contribution in [-0.4, -0.2) is 52.5 Å². The zero-order valence-electron chi connectivity index (χ0n) is 10.4. The highest BCUT2D eigenvalue weighted by molar-refractivity contribution is 7.99. The average Bonchev–Trinajstić information content (AvgIpc) is 2.33. The largest absolute Gasteiger partial charge is 0.480 e. The van der Waals surface area contributed by atoms with E-state index in [0.29, 0.717) is 31.0 Å². The Labute approximate surface area is 112 Å². The number of carboxylic acids is 1. The van der Waals surface area contributed by atoms with Gasteiger partial charge in [-0.05, 0) is 12.2 Å². The second kappa shape index (κ2) is 9.73. The highest BCUT2D eigenvalue weighted by atomic mass is 32.2. The molecule has 0 aromatic rings. The van der Waals surface area contributed by atoms with Crippen LogP contribution in [-0.2, 0) is 9.59 Å². The molecule has 0 radical (unpaired) electrons. The summed E-state index contributed by atoms with van der Waals surface area (Å²) < 4.78 is 0. The maximum Gasteiger partial charge on any atom is 0.320 e. The van der Waals surface area contributed by atoms with E-state index < -0.39 is 12.0 Å². The fourth-order valence-corrected chi connectivity index (χ4v) is 2.10. The van der Waals surface area contributed by atoms with E-state index in [1.807, 2.05) is 0 Å². The summed E-state index contributed by atoms with van der Waals surface area (Å²) in [6.45, 7) is 8.15. The van der Waals surface area contributed by atoms with Gasteiger partial charge in [0, 0.05) is 13.1 Å². The number of carbonyl (C=O) groups excluding carboxylic acids is 1. The molecule has 0 spiro atoms. The number of carbonyl (C=O) groups is 2. The van der Waals surface area contributed by atoms with Crippen molar-refractivity contribution in [3.63, 3.8) is 0 Å². The van der Waals surface area contributed by atoms with Crippen LogP contribution in [0.15, 0.2) is 25.3 Å². The summed E-state index contributed by atoms with van der Waals surface area (Å²) in [5, 5.41) is 8.59. The smallest absolute Gasteiger partial charge is 0.320 e. The van der Waals surface area contributed by atoms with Gasteiger partial charge in [0.25, 0.3) is 0 Å². The molecule has 0 rings (SSSR count). The quantitative estimate of drug-likeness (QED) is 0.452. The van der Waals surface area contributed by atoms with E-state index in [1.54, 1.807) is 17.1 Å². The molecule has 0 aliphatic carbocycles. The minimum atomic E-state index is -1.01. The zero-order chi connectivity index (χ0) is 14.0. The van der Waals surface area contributed by atoms with Gasteiger partial charge in [0.05, 0.1) is 5.75 Å². The van der Waals surface area contributed by atoms with Gasteiger partial charge < -0.3 is 15.7 Å². The number of thioether (sulfide) groups is 1. The number of nitrogens with zero attached hydrogens (tertiary/aromatic N) is 1. The molecular weight excluding hydrogens is 252 g/mol. The lowest BCUT2D eigenvalue weighted by Crippen LogP contribution is -2.33. The molecule has 0 aromatic carbocycles. The fraction of sp³-hybridized carbons (Fsp3) is 0.500. The lowest BCUT2D eigenvalue weighted by Gasteiger charge is -2.19. The van der Waals surface area contributed by atoms with Crippen molar-refractivity contribution in [2.45, 2.75) is 12.5 Å². The topological polar surface area (TPSA) is 83.6 Å². The SMILES string of the molecule is C=CCN(CC=C)C(=O)CSCCC(N)C(=O)O. The molecule has 0 aliphatic rings. The van der Waals surface area contributed by atoms with Gasteiger partial charge in [-0.25, -0.2) is 0 Å². The Morgan fingerprint density at radius 1 is 1.33 bits per heavy atom. The van der Waals surface area contributed by atoms with Crippen molar-refractivity contribution in [3.8, 4) is 0 Å². The van der Waals surface area contributed by atoms with E-state index in [-0.39, 0.29) is 5.91 Å². The van der Waals surface area contributed by atoms with Crippen molar-refractivity contribution in [3.05, 3.63) is 25.3 Å². The Morgan fingerprint density at radius 3 is 2.33 bits per heavy atom. The molecule has 1 unspecified atom stereocenters. The van der Waals surface area contributed by atoms with Gasteiger partial charge in [-0.3, -0.25) is 9.59 Å². The Balaban J connectivity index is 3.89. The van der Waals surface area contributed by atoms with Crippen LogP contribution in [0.1, 0.15) is 6.42 Å². The molecule has 0 aromatic heterocycles. The van der Waals surface area contributed by atoms with Crippen molar-refractivity contribution in [1.82, 2.24) is 4.90 Å². The average molecular weight is 272 g/mol. The number of rotatable bonds is 10. The van der Waals surface area contributed by atoms with Gasteiger partial charge >= 0.3 is 5.97 Å². The Morgan fingerprint density at radius 2 is 1.89 bits per heavy atom. The van der Waals surface area contributed by atoms with Gasteiger partial charge in [-0.2, -0.15) is 11.8 Å². The number of amides is 1. The Hall–Kier alpha value is -1.27. The summed E-state index contributed by atoms with van der Waals surface area (Å²) in [6.07, 6.45) is 3.68. The molecule has 102 valence electrons. The first-order chi connectivity index (χ1) is 8.52. The third-order valence-electron chi connectivity index (χ3n) is 2.17. The zero-order valence-corrected chi connectivity index (χ0v) is 11.2. The van der Waals surface area contributed by atoms with E-state index >= 15 is 0 Å². The predicted octanol–water partition coefficient (Wildman–Crippen LogP) is 0.722. The number of nitrogens with two attached hydrogens (primary N) is 1. The van der Waals surface area contributed by atoms with Crippen LogP contribution >= 0.6 is 11.8 Å². The molecule has 18 heavy (non-hydrogen) atoms. The summed E-state index contributed by atoms with van der Waals surface area (Å²) >= 11 is 1.38. The molecular formula is C12H20N2O3S. The highest BCUT2D eigenvalue weighted by Crippen LogP contribution is 2.06. The van der Waals surface area contributed by atoms with Crippen molar-refractivity contribution < 1.29 is 14.7 Å². The van der Waals surface area contributed by atoms with E-state index in [4.69, 9.17) is 10.8 Å². The van der Waals surface area contributed by atoms with Crippen molar-refractivity contribution >= 4 is 23.6 Å². The minimum Gasteiger partial charge on any atom is -0.480 e. The van der Waals surface area contributed by atoms with Gasteiger partial charge in [0.15, 0.2) is 0 Å². The third kappa shape index (κ3) is 7.13. The lowest BCUT2D eigenvalue weighted by atomic mass is 10.2. The second-order valence-corrected chi connectivity index (χ2v) is 4.77. The maximum absolute atomic E-state index is 11.8. The number of hydrogen-bond acceptors (Lipinski definition) is 4. The highest BCUT2D eigenvalue weighted by Gasteiger charge is 2.13. The van der Waals surface area contributed by atoms with Crippen LogP contribution in [0.4, 0.5) is 0 Å². The molecule has 0 saturated carbocycles. The summed E-state index contributed by atoms with van der Waals surface area (Å²) in [7, 11) is 0. The van der Waals surface area contributed by atoms with Crippen LogP contribution in [0.25, 0.3) is 0 Å². The molecule has 6 heteroatoms. The summed E-state index contributed by atoms with van der Waals surface area (Å²) in [5.74, 6) is -0.158. The molecule has 1 atom stereocenters. The van der Waals surface area contributed by atoms with Crippen LogP contribution in [0.2, 0.25) is 0 Å². The lowest BCUT2D eigenvalue weighted by molar-refractivity contribution is -0.138. The number of aliphatic carboxylic acids is 1. The summed E-state index contributed by atoms with van der Waals surface area (Å²) in [5.41, 5.74) is 5.35. The van der Waals surface area contributed by atoms with E-state index in [9.17, 15) is 9.59 Å². The summed E-state index contributed by atoms with van der Waals surface area (Å²) in [4.78, 5) is 23.9. The molecule has 3 N–H and O–H groups in total. The number of carboxylic acid groups (broad SMARTS) is 1. The first-order valence-corrected chi connectivity index (χ1v) is 6.74. The molecule has 0 bridgehead atoms. The normalized spacial score (nSPS) is 11.6. The van der Waals surface area contributed by atoms with Crippen LogP contribution < -0.4 is 5.73 Å². The van der Waals surface area contributed by atoms with Gasteiger partial charge in [-0.15, -0.1) is 13.2 Å². The van der Waals surface area contributed by atoms with Crippen LogP contribution in [0, 0.1) is 0 Å². The van der Waals surface area contributed by atoms with E-state index in [2.05, 4.69) is 13.2 Å². The maximum atomic E-state index is 11.8. The van der Waals surface area contributed by atoms with Gasteiger partial charge in [0.2, 0.25) is 5.91 Å². The fourth-order valence-electron chi connectivity index (χ4n) is 1.17. The van der Waals surface area contributed by atoms with Gasteiger partial charge in [-0.1, -0.05) is 12.2 Å². The van der Waals surface area contributed by atoms with E-state index in [0.717, 1.165) is 0 Å². The number of hydrogen-bond donors (Lipinski definition) is 2. The molecule has 5 nitrogen and oxygen atoms in total. The van der Waals surface area contributed by atoms with Crippen LogP contribution in [0.5, 0.6) is 0 Å². The van der Waals surface area contributed by atoms with Crippen LogP contribution in [0.3, 0.4) is 0 Å². The Kier molecular flexibility index (Phi) is 9.04. The third-order valence-corrected chi connectivity index (χ3v) is 3.14. The standard InChI is InChI=1S/C12H20N2O3S/c1-3-6-14(7-4-2)11(15)9-18-8-5-10(13)12(16)17/h3-4,10H,1-2,5-9,13H2,(H,16,17). The van der Waals surface area contributed by atoms with Crippen molar-refractivity contribution in [2.24, 2.45) is 5.73 Å². The molecule has 0 fully saturated rings. The minimum absolute atomic E-state index is 0.0105. The van der Waals surface area contributed by atoms with Crippen molar-refractivity contribution in [1.29, 1.82) is 0 Å². The summed E-state index contributed by atoms with van der Waals surface area (Å²) in [6, 6.07) is -0.856. The first kappa shape index (κ1) is 16.7.